The predicted molar refractivity (Wildman–Crippen MR) is 110 cm³/mol. The smallest absolute Gasteiger partial charge is 0.347 e. The third-order valence-electron chi connectivity index (χ3n) is 3.87. The highest BCUT2D eigenvalue weighted by atomic mass is 32.1. The second-order valence-electron chi connectivity index (χ2n) is 6.00. The monoisotopic (exact) mass is 412 g/mol. The molecule has 150 valence electrons. The molecule has 1 N–H and O–H groups in total. The van der Waals surface area contributed by atoms with Gasteiger partial charge in [-0.2, -0.15) is 0 Å². The molecule has 29 heavy (non-hydrogen) atoms. The number of amides is 1. The average Bonchev–Trinajstić information content (AvgIpc) is 3.21. The molecule has 0 bridgehead atoms. The summed E-state index contributed by atoms with van der Waals surface area (Å²) < 4.78 is 15.6. The molecule has 1 amide bonds. The molecule has 0 saturated carbocycles. The van der Waals surface area contributed by atoms with Gasteiger partial charge in [0, 0.05) is 10.9 Å². The van der Waals surface area contributed by atoms with Crippen LogP contribution in [0.2, 0.25) is 0 Å². The lowest BCUT2D eigenvalue weighted by Crippen LogP contribution is -2.29. The maximum atomic E-state index is 12.0. The number of anilines is 1. The topological polar surface area (TPSA) is 86.8 Å². The van der Waals surface area contributed by atoms with Gasteiger partial charge >= 0.3 is 5.97 Å². The molecule has 8 heteroatoms. The van der Waals surface area contributed by atoms with Gasteiger partial charge in [0.1, 0.15) is 11.5 Å². The van der Waals surface area contributed by atoms with Gasteiger partial charge in [0.15, 0.2) is 17.8 Å². The number of carbonyl (C=O) groups is 2. The van der Waals surface area contributed by atoms with Crippen molar-refractivity contribution in [3.63, 3.8) is 0 Å². The molecule has 0 spiro atoms. The molecule has 3 rings (SSSR count). The SMILES string of the molecule is COc1ccc(-c2csc(NC(=O)COC(=O)[C@@H](C)Oc3ccccc3)n2)cc1. The number of esters is 1. The van der Waals surface area contributed by atoms with Crippen LogP contribution in [-0.2, 0) is 14.3 Å². The van der Waals surface area contributed by atoms with Gasteiger partial charge in [0.25, 0.3) is 5.91 Å². The summed E-state index contributed by atoms with van der Waals surface area (Å²) in [4.78, 5) is 28.4. The molecule has 7 nitrogen and oxygen atoms in total. The Morgan fingerprint density at radius 1 is 1.07 bits per heavy atom. The van der Waals surface area contributed by atoms with Crippen LogP contribution in [-0.4, -0.2) is 36.7 Å². The van der Waals surface area contributed by atoms with Crippen molar-refractivity contribution < 1.29 is 23.8 Å². The Kier molecular flexibility index (Phi) is 6.80. The normalized spacial score (nSPS) is 11.4. The molecule has 0 fully saturated rings. The maximum absolute atomic E-state index is 12.0. The molecule has 0 aliphatic heterocycles. The zero-order valence-corrected chi connectivity index (χ0v) is 16.8. The molecule has 0 aliphatic rings. The molecule has 0 saturated heterocycles. The molecule has 1 heterocycles. The van der Waals surface area contributed by atoms with Crippen LogP contribution in [0.25, 0.3) is 11.3 Å². The Morgan fingerprint density at radius 2 is 1.79 bits per heavy atom. The number of aromatic nitrogens is 1. The van der Waals surface area contributed by atoms with Crippen molar-refractivity contribution in [1.82, 2.24) is 4.98 Å². The second kappa shape index (κ2) is 9.70. The quantitative estimate of drug-likeness (QED) is 0.567. The summed E-state index contributed by atoms with van der Waals surface area (Å²) in [6.07, 6.45) is -0.827. The number of hydrogen-bond acceptors (Lipinski definition) is 7. The first-order valence-corrected chi connectivity index (χ1v) is 9.71. The largest absolute Gasteiger partial charge is 0.497 e. The summed E-state index contributed by atoms with van der Waals surface area (Å²) in [5.74, 6) is 0.211. The van der Waals surface area contributed by atoms with Gasteiger partial charge in [0.2, 0.25) is 0 Å². The summed E-state index contributed by atoms with van der Waals surface area (Å²) in [6, 6.07) is 16.4. The molecule has 1 atom stereocenters. The Morgan fingerprint density at radius 3 is 2.48 bits per heavy atom. The van der Waals surface area contributed by atoms with Crippen molar-refractivity contribution in [3.8, 4) is 22.8 Å². The van der Waals surface area contributed by atoms with E-state index in [2.05, 4.69) is 10.3 Å². The Labute approximate surface area is 172 Å². The fourth-order valence-corrected chi connectivity index (χ4v) is 3.12. The Balaban J connectivity index is 1.48. The molecule has 0 unspecified atom stereocenters. The van der Waals surface area contributed by atoms with E-state index < -0.39 is 24.6 Å². The lowest BCUT2D eigenvalue weighted by molar-refractivity contribution is -0.153. The number of benzene rings is 2. The molecule has 2 aromatic carbocycles. The number of nitrogens with zero attached hydrogens (tertiary/aromatic N) is 1. The number of nitrogens with one attached hydrogen (secondary N) is 1. The van der Waals surface area contributed by atoms with E-state index in [1.54, 1.807) is 38.3 Å². The first-order chi connectivity index (χ1) is 14.0. The predicted octanol–water partition coefficient (Wildman–Crippen LogP) is 3.77. The van der Waals surface area contributed by atoms with Gasteiger partial charge in [-0.25, -0.2) is 9.78 Å². The van der Waals surface area contributed by atoms with E-state index in [0.717, 1.165) is 17.0 Å². The highest BCUT2D eigenvalue weighted by molar-refractivity contribution is 7.14. The minimum atomic E-state index is -0.827. The van der Waals surface area contributed by atoms with E-state index in [1.165, 1.54) is 11.3 Å². The lowest BCUT2D eigenvalue weighted by atomic mass is 10.2. The summed E-state index contributed by atoms with van der Waals surface area (Å²) in [7, 11) is 1.60. The first-order valence-electron chi connectivity index (χ1n) is 8.83. The Bertz CT molecular complexity index is 957. The summed E-state index contributed by atoms with van der Waals surface area (Å²) >= 11 is 1.29. The van der Waals surface area contributed by atoms with Gasteiger partial charge in [0.05, 0.1) is 12.8 Å². The van der Waals surface area contributed by atoms with Crippen LogP contribution in [0, 0.1) is 0 Å². The fraction of sp³-hybridized carbons (Fsp3) is 0.190. The van der Waals surface area contributed by atoms with Gasteiger partial charge < -0.3 is 14.2 Å². The van der Waals surface area contributed by atoms with Crippen LogP contribution in [0.3, 0.4) is 0 Å². The van der Waals surface area contributed by atoms with Gasteiger partial charge in [-0.1, -0.05) is 18.2 Å². The number of ether oxygens (including phenoxy) is 3. The molecular formula is C21H20N2O5S. The van der Waals surface area contributed by atoms with Crippen molar-refractivity contribution in [2.24, 2.45) is 0 Å². The number of rotatable bonds is 8. The van der Waals surface area contributed by atoms with E-state index in [9.17, 15) is 9.59 Å². The van der Waals surface area contributed by atoms with E-state index >= 15 is 0 Å². The summed E-state index contributed by atoms with van der Waals surface area (Å²) in [6.45, 7) is 1.15. The van der Waals surface area contributed by atoms with Gasteiger partial charge in [-0.15, -0.1) is 11.3 Å². The van der Waals surface area contributed by atoms with Crippen LogP contribution in [0.1, 0.15) is 6.92 Å². The van der Waals surface area contributed by atoms with Gasteiger partial charge in [-0.05, 0) is 43.3 Å². The van der Waals surface area contributed by atoms with Crippen LogP contribution < -0.4 is 14.8 Å². The second-order valence-corrected chi connectivity index (χ2v) is 6.85. The van der Waals surface area contributed by atoms with Crippen LogP contribution in [0.5, 0.6) is 11.5 Å². The number of thiazole rings is 1. The minimum absolute atomic E-state index is 0.418. The third kappa shape index (κ3) is 5.79. The maximum Gasteiger partial charge on any atom is 0.347 e. The summed E-state index contributed by atoms with van der Waals surface area (Å²) in [5.41, 5.74) is 1.63. The van der Waals surface area contributed by atoms with E-state index in [4.69, 9.17) is 14.2 Å². The fourth-order valence-electron chi connectivity index (χ4n) is 2.39. The van der Waals surface area contributed by atoms with E-state index in [1.807, 2.05) is 35.7 Å². The minimum Gasteiger partial charge on any atom is -0.497 e. The molecule has 0 aliphatic carbocycles. The molecule has 1 aromatic heterocycles. The number of methoxy groups -OCH3 is 1. The zero-order chi connectivity index (χ0) is 20.6. The Hall–Kier alpha value is -3.39. The van der Waals surface area contributed by atoms with Crippen molar-refractivity contribution in [3.05, 3.63) is 60.0 Å². The first kappa shape index (κ1) is 20.3. The third-order valence-corrected chi connectivity index (χ3v) is 4.63. The van der Waals surface area contributed by atoms with Crippen molar-refractivity contribution in [2.75, 3.05) is 19.0 Å². The van der Waals surface area contributed by atoms with E-state index in [-0.39, 0.29) is 0 Å². The van der Waals surface area contributed by atoms with E-state index in [0.29, 0.717) is 10.9 Å². The van der Waals surface area contributed by atoms with Crippen LogP contribution >= 0.6 is 11.3 Å². The highest BCUT2D eigenvalue weighted by Crippen LogP contribution is 2.26. The van der Waals surface area contributed by atoms with Crippen molar-refractivity contribution >= 4 is 28.3 Å². The summed E-state index contributed by atoms with van der Waals surface area (Å²) in [5, 5.41) is 4.88. The average molecular weight is 412 g/mol. The van der Waals surface area contributed by atoms with Crippen LogP contribution in [0.4, 0.5) is 5.13 Å². The number of hydrogen-bond donors (Lipinski definition) is 1. The molecule has 0 radical (unpaired) electrons. The standard InChI is InChI=1S/C21H20N2O5S/c1-14(28-17-6-4-3-5-7-17)20(25)27-12-19(24)23-21-22-18(13-29-21)15-8-10-16(26-2)11-9-15/h3-11,13-14H,12H2,1-2H3,(H,22,23,24)/t14-/m1/s1. The molecular weight excluding hydrogens is 392 g/mol. The lowest BCUT2D eigenvalue weighted by Gasteiger charge is -2.13. The van der Waals surface area contributed by atoms with Gasteiger partial charge in [-0.3, -0.25) is 10.1 Å². The zero-order valence-electron chi connectivity index (χ0n) is 16.0. The van der Waals surface area contributed by atoms with Crippen molar-refractivity contribution in [1.29, 1.82) is 0 Å². The highest BCUT2D eigenvalue weighted by Gasteiger charge is 2.18. The number of para-hydroxylation sites is 1. The van der Waals surface area contributed by atoms with Crippen molar-refractivity contribution in [2.45, 2.75) is 13.0 Å². The number of carbonyl (C=O) groups excluding carboxylic acids is 2. The van der Waals surface area contributed by atoms with Crippen LogP contribution in [0.15, 0.2) is 60.0 Å². The molecule has 3 aromatic rings.